The molecule has 0 aliphatic carbocycles. The van der Waals surface area contributed by atoms with E-state index in [1.807, 2.05) is 13.1 Å². The van der Waals surface area contributed by atoms with Gasteiger partial charge in [0.25, 0.3) is 0 Å². The van der Waals surface area contributed by atoms with E-state index < -0.39 is 0 Å². The molecule has 100 valence electrons. The molecule has 4 heteroatoms. The van der Waals surface area contributed by atoms with Crippen LogP contribution in [-0.2, 0) is 6.42 Å². The Morgan fingerprint density at radius 3 is 2.89 bits per heavy atom. The predicted octanol–water partition coefficient (Wildman–Crippen LogP) is 3.04. The van der Waals surface area contributed by atoms with Crippen molar-refractivity contribution in [2.75, 3.05) is 26.8 Å². The number of hydrogen-bond acceptors (Lipinski definition) is 3. The second-order valence-corrected chi connectivity index (χ2v) is 4.92. The largest absolute Gasteiger partial charge is 0.489 e. The highest BCUT2D eigenvalue weighted by Gasteiger charge is 2.15. The van der Waals surface area contributed by atoms with Gasteiger partial charge in [-0.3, -0.25) is 0 Å². The zero-order chi connectivity index (χ0) is 12.8. The number of aryl methyl sites for hydroxylation is 1. The van der Waals surface area contributed by atoms with Gasteiger partial charge in [0.05, 0.1) is 18.2 Å². The van der Waals surface area contributed by atoms with Crippen LogP contribution < -0.4 is 14.8 Å². The Balaban J connectivity index is 2.04. The molecule has 0 unspecified atom stereocenters. The van der Waals surface area contributed by atoms with Crippen LogP contribution in [0, 0.1) is 0 Å². The standard InChI is InChI=1S/C14H20ClNO2/c1-16-6-3-2-5-11-9-12(15)14-13(10-11)17-7-4-8-18-14/h9-10,16H,2-8H2,1H3. The van der Waals surface area contributed by atoms with Gasteiger partial charge in [0.15, 0.2) is 11.5 Å². The SMILES string of the molecule is CNCCCCc1cc(Cl)c2c(c1)OCCCO2. The molecule has 18 heavy (non-hydrogen) atoms. The topological polar surface area (TPSA) is 30.5 Å². The number of benzene rings is 1. The van der Waals surface area contributed by atoms with Gasteiger partial charge in [-0.05, 0) is 50.6 Å². The number of ether oxygens (including phenoxy) is 2. The van der Waals surface area contributed by atoms with Crippen molar-refractivity contribution in [3.05, 3.63) is 22.7 Å². The van der Waals surface area contributed by atoms with E-state index in [2.05, 4.69) is 11.4 Å². The molecule has 0 radical (unpaired) electrons. The molecule has 0 amide bonds. The summed E-state index contributed by atoms with van der Waals surface area (Å²) in [4.78, 5) is 0. The molecule has 0 saturated heterocycles. The molecule has 1 aliphatic rings. The van der Waals surface area contributed by atoms with Crippen molar-refractivity contribution >= 4 is 11.6 Å². The molecule has 0 atom stereocenters. The molecule has 0 bridgehead atoms. The predicted molar refractivity (Wildman–Crippen MR) is 73.9 cm³/mol. The summed E-state index contributed by atoms with van der Waals surface area (Å²) in [6.07, 6.45) is 4.25. The van der Waals surface area contributed by atoms with Crippen molar-refractivity contribution in [3.8, 4) is 11.5 Å². The second-order valence-electron chi connectivity index (χ2n) is 4.52. The summed E-state index contributed by atoms with van der Waals surface area (Å²) in [5.74, 6) is 1.50. The van der Waals surface area contributed by atoms with E-state index in [0.717, 1.165) is 31.6 Å². The maximum atomic E-state index is 6.24. The van der Waals surface area contributed by atoms with E-state index in [9.17, 15) is 0 Å². The molecule has 1 aliphatic heterocycles. The van der Waals surface area contributed by atoms with E-state index in [1.165, 1.54) is 12.0 Å². The Bertz CT molecular complexity index is 396. The Kier molecular flexibility index (Phi) is 5.14. The van der Waals surface area contributed by atoms with Gasteiger partial charge in [0.1, 0.15) is 0 Å². The highest BCUT2D eigenvalue weighted by atomic mass is 35.5. The number of rotatable bonds is 5. The van der Waals surface area contributed by atoms with Gasteiger partial charge in [0.2, 0.25) is 0 Å². The minimum Gasteiger partial charge on any atom is -0.489 e. The minimum absolute atomic E-state index is 0.665. The highest BCUT2D eigenvalue weighted by Crippen LogP contribution is 2.38. The summed E-state index contributed by atoms with van der Waals surface area (Å²) < 4.78 is 11.3. The lowest BCUT2D eigenvalue weighted by Crippen LogP contribution is -2.07. The molecule has 1 aromatic rings. The lowest BCUT2D eigenvalue weighted by atomic mass is 10.1. The fourth-order valence-corrected chi connectivity index (χ4v) is 2.35. The van der Waals surface area contributed by atoms with Gasteiger partial charge in [-0.2, -0.15) is 0 Å². The molecule has 1 heterocycles. The highest BCUT2D eigenvalue weighted by molar-refractivity contribution is 6.32. The summed E-state index contributed by atoms with van der Waals surface area (Å²) in [6, 6.07) is 4.06. The molecule has 0 spiro atoms. The third-order valence-corrected chi connectivity index (χ3v) is 3.28. The fourth-order valence-electron chi connectivity index (χ4n) is 2.06. The summed E-state index contributed by atoms with van der Waals surface area (Å²) in [7, 11) is 1.98. The Labute approximate surface area is 113 Å². The van der Waals surface area contributed by atoms with Crippen LogP contribution in [0.2, 0.25) is 5.02 Å². The van der Waals surface area contributed by atoms with E-state index in [0.29, 0.717) is 24.0 Å². The Morgan fingerprint density at radius 1 is 1.22 bits per heavy atom. The fraction of sp³-hybridized carbons (Fsp3) is 0.571. The lowest BCUT2D eigenvalue weighted by molar-refractivity contribution is 0.297. The number of fused-ring (bicyclic) bond motifs is 1. The summed E-state index contributed by atoms with van der Waals surface area (Å²) >= 11 is 6.24. The number of unbranched alkanes of at least 4 members (excludes halogenated alkanes) is 1. The average molecular weight is 270 g/mol. The first-order valence-corrected chi connectivity index (χ1v) is 6.91. The van der Waals surface area contributed by atoms with Gasteiger partial charge in [0, 0.05) is 6.42 Å². The monoisotopic (exact) mass is 269 g/mol. The van der Waals surface area contributed by atoms with Crippen molar-refractivity contribution < 1.29 is 9.47 Å². The maximum Gasteiger partial charge on any atom is 0.179 e. The smallest absolute Gasteiger partial charge is 0.179 e. The minimum atomic E-state index is 0.665. The van der Waals surface area contributed by atoms with E-state index in [1.54, 1.807) is 0 Å². The van der Waals surface area contributed by atoms with Gasteiger partial charge < -0.3 is 14.8 Å². The average Bonchev–Trinajstić information content (AvgIpc) is 2.60. The summed E-state index contributed by atoms with van der Waals surface area (Å²) in [5.41, 5.74) is 1.22. The van der Waals surface area contributed by atoms with Crippen LogP contribution in [0.1, 0.15) is 24.8 Å². The quantitative estimate of drug-likeness (QED) is 0.834. The van der Waals surface area contributed by atoms with Crippen LogP contribution in [0.4, 0.5) is 0 Å². The zero-order valence-electron chi connectivity index (χ0n) is 10.8. The van der Waals surface area contributed by atoms with Crippen molar-refractivity contribution in [2.45, 2.75) is 25.7 Å². The number of hydrogen-bond donors (Lipinski definition) is 1. The lowest BCUT2D eigenvalue weighted by Gasteiger charge is -2.11. The first-order valence-electron chi connectivity index (χ1n) is 6.54. The molecule has 1 N–H and O–H groups in total. The Morgan fingerprint density at radius 2 is 2.06 bits per heavy atom. The van der Waals surface area contributed by atoms with Crippen LogP contribution in [0.5, 0.6) is 11.5 Å². The van der Waals surface area contributed by atoms with E-state index >= 15 is 0 Å². The molecule has 2 rings (SSSR count). The second kappa shape index (κ2) is 6.86. The van der Waals surface area contributed by atoms with Gasteiger partial charge in [-0.1, -0.05) is 11.6 Å². The third kappa shape index (κ3) is 3.53. The first kappa shape index (κ1) is 13.5. The van der Waals surface area contributed by atoms with Crippen LogP contribution in [0.25, 0.3) is 0 Å². The third-order valence-electron chi connectivity index (χ3n) is 3.00. The van der Waals surface area contributed by atoms with E-state index in [4.69, 9.17) is 21.1 Å². The molecular weight excluding hydrogens is 250 g/mol. The maximum absolute atomic E-state index is 6.24. The molecular formula is C14H20ClNO2. The summed E-state index contributed by atoms with van der Waals surface area (Å²) in [6.45, 7) is 2.43. The van der Waals surface area contributed by atoms with Crippen LogP contribution >= 0.6 is 11.6 Å². The zero-order valence-corrected chi connectivity index (χ0v) is 11.6. The molecule has 1 aromatic carbocycles. The van der Waals surface area contributed by atoms with Crippen LogP contribution in [0.3, 0.4) is 0 Å². The molecule has 0 saturated carbocycles. The van der Waals surface area contributed by atoms with Crippen LogP contribution in [-0.4, -0.2) is 26.8 Å². The normalized spacial score (nSPS) is 14.3. The number of nitrogens with one attached hydrogen (secondary N) is 1. The number of halogens is 1. The summed E-state index contributed by atoms with van der Waals surface area (Å²) in [5, 5.41) is 3.82. The van der Waals surface area contributed by atoms with Gasteiger partial charge in [-0.25, -0.2) is 0 Å². The molecule has 3 nitrogen and oxygen atoms in total. The van der Waals surface area contributed by atoms with Crippen molar-refractivity contribution in [3.63, 3.8) is 0 Å². The van der Waals surface area contributed by atoms with E-state index in [-0.39, 0.29) is 0 Å². The van der Waals surface area contributed by atoms with Crippen molar-refractivity contribution in [2.24, 2.45) is 0 Å². The van der Waals surface area contributed by atoms with Crippen LogP contribution in [0.15, 0.2) is 12.1 Å². The van der Waals surface area contributed by atoms with Gasteiger partial charge >= 0.3 is 0 Å². The Hall–Kier alpha value is -0.930. The first-order chi connectivity index (χ1) is 8.81. The van der Waals surface area contributed by atoms with Gasteiger partial charge in [-0.15, -0.1) is 0 Å². The van der Waals surface area contributed by atoms with Crippen molar-refractivity contribution in [1.29, 1.82) is 0 Å². The molecule has 0 fully saturated rings. The van der Waals surface area contributed by atoms with Crippen molar-refractivity contribution in [1.82, 2.24) is 5.32 Å². The molecule has 0 aromatic heterocycles.